The van der Waals surface area contributed by atoms with Gasteiger partial charge in [0.25, 0.3) is 0 Å². The Hall–Kier alpha value is -2.04. The van der Waals surface area contributed by atoms with E-state index in [1.165, 1.54) is 15.9 Å². The van der Waals surface area contributed by atoms with Gasteiger partial charge in [0.15, 0.2) is 0 Å². The average molecular weight is 319 g/mol. The summed E-state index contributed by atoms with van der Waals surface area (Å²) in [5.74, 6) is 0. The molecule has 0 saturated carbocycles. The Morgan fingerprint density at radius 1 is 0.609 bits per heavy atom. The average Bonchev–Trinajstić information content (AvgIpc) is 2.64. The van der Waals surface area contributed by atoms with Gasteiger partial charge in [-0.3, -0.25) is 0 Å². The maximum absolute atomic E-state index is 5.03. The molecule has 0 amide bonds. The predicted molar refractivity (Wildman–Crippen MR) is 106 cm³/mol. The van der Waals surface area contributed by atoms with Gasteiger partial charge in [0.05, 0.1) is 0 Å². The van der Waals surface area contributed by atoms with Crippen molar-refractivity contribution in [2.45, 2.75) is 13.3 Å². The summed E-state index contributed by atoms with van der Waals surface area (Å²) < 4.78 is 0. The molecule has 0 radical (unpaired) electrons. The monoisotopic (exact) mass is 319 g/mol. The normalized spacial score (nSPS) is 13.2. The molecule has 0 bridgehead atoms. The van der Waals surface area contributed by atoms with Gasteiger partial charge in [-0.05, 0) is 0 Å². The van der Waals surface area contributed by atoms with Crippen LogP contribution < -0.4 is 15.9 Å². The third-order valence-electron chi connectivity index (χ3n) is 4.86. The van der Waals surface area contributed by atoms with Gasteiger partial charge in [0.1, 0.15) is 0 Å². The molecule has 0 aliphatic carbocycles. The van der Waals surface area contributed by atoms with Gasteiger partial charge in [-0.25, -0.2) is 0 Å². The van der Waals surface area contributed by atoms with Crippen LogP contribution in [-0.2, 0) is 0 Å². The predicted octanol–water partition coefficient (Wildman–Crippen LogP) is 4.72. The SMILES string of the molecule is [CH2+]P(CCC)(c1ccccc1)(c1ccccc1)c1ccccc1. The van der Waals surface area contributed by atoms with Crippen LogP contribution in [0.2, 0.25) is 0 Å². The Morgan fingerprint density at radius 3 is 1.17 bits per heavy atom. The number of hydrogen-bond acceptors (Lipinski definition) is 0. The van der Waals surface area contributed by atoms with Crippen LogP contribution in [-0.4, -0.2) is 6.16 Å². The molecule has 0 nitrogen and oxygen atoms in total. The van der Waals surface area contributed by atoms with Crippen molar-refractivity contribution >= 4 is 22.5 Å². The minimum absolute atomic E-state index is 1.09. The van der Waals surface area contributed by atoms with E-state index in [2.05, 4.69) is 97.9 Å². The standard InChI is InChI=1S/C22H24P/c1-3-19-23(2,20-13-7-4-8-14-20,21-15-9-5-10-16-21)22-17-11-6-12-18-22/h4-18H,2-3,19H2,1H3/q+1. The summed E-state index contributed by atoms with van der Waals surface area (Å²) in [5, 5.41) is 4.12. The first-order chi connectivity index (χ1) is 11.2. The van der Waals surface area contributed by atoms with Gasteiger partial charge in [0, 0.05) is 0 Å². The molecule has 0 N–H and O–H groups in total. The van der Waals surface area contributed by atoms with E-state index in [1.807, 2.05) is 0 Å². The summed E-state index contributed by atoms with van der Waals surface area (Å²) in [6.07, 6.45) is 2.20. The van der Waals surface area contributed by atoms with Crippen molar-refractivity contribution in [3.05, 3.63) is 97.7 Å². The third-order valence-corrected chi connectivity index (χ3v) is 10.9. The second kappa shape index (κ2) is 6.22. The van der Waals surface area contributed by atoms with Crippen LogP contribution >= 0.6 is 6.60 Å². The Kier molecular flexibility index (Phi) is 4.28. The summed E-state index contributed by atoms with van der Waals surface area (Å²) in [4.78, 5) is 0. The summed E-state index contributed by atoms with van der Waals surface area (Å²) in [6, 6.07) is 32.7. The molecule has 0 heterocycles. The van der Waals surface area contributed by atoms with Gasteiger partial charge >= 0.3 is 140 Å². The molecule has 0 spiro atoms. The van der Waals surface area contributed by atoms with Crippen LogP contribution in [0.1, 0.15) is 13.3 Å². The molecule has 0 atom stereocenters. The number of benzene rings is 3. The van der Waals surface area contributed by atoms with Crippen molar-refractivity contribution in [1.29, 1.82) is 0 Å². The van der Waals surface area contributed by atoms with Crippen LogP contribution in [0.3, 0.4) is 0 Å². The summed E-state index contributed by atoms with van der Waals surface area (Å²) in [5.41, 5.74) is 0. The third kappa shape index (κ3) is 2.48. The van der Waals surface area contributed by atoms with Crippen LogP contribution in [0.15, 0.2) is 91.0 Å². The number of hydrogen-bond donors (Lipinski definition) is 0. The first kappa shape index (κ1) is 15.8. The molecule has 0 aliphatic rings. The van der Waals surface area contributed by atoms with Gasteiger partial charge in [-0.2, -0.15) is 0 Å². The Bertz CT molecular complexity index is 648. The number of rotatable bonds is 5. The van der Waals surface area contributed by atoms with Gasteiger partial charge in [-0.1, -0.05) is 0 Å². The second-order valence-corrected chi connectivity index (χ2v) is 11.2. The summed E-state index contributed by atoms with van der Waals surface area (Å²) in [7, 11) is 0. The van der Waals surface area contributed by atoms with E-state index in [0.29, 0.717) is 0 Å². The fraction of sp³-hybridized carbons (Fsp3) is 0.136. The fourth-order valence-corrected chi connectivity index (χ4v) is 9.02. The zero-order chi connectivity index (χ0) is 16.2. The molecule has 3 aromatic rings. The zero-order valence-electron chi connectivity index (χ0n) is 13.7. The van der Waals surface area contributed by atoms with Crippen molar-refractivity contribution in [3.63, 3.8) is 0 Å². The van der Waals surface area contributed by atoms with E-state index in [-0.39, 0.29) is 0 Å². The molecule has 116 valence electrons. The fourth-order valence-electron chi connectivity index (χ4n) is 3.69. The summed E-state index contributed by atoms with van der Waals surface area (Å²) in [6.45, 7) is 4.62. The zero-order valence-corrected chi connectivity index (χ0v) is 14.6. The van der Waals surface area contributed by atoms with Crippen molar-refractivity contribution < 1.29 is 0 Å². The molecule has 0 fully saturated rings. The molecule has 0 aromatic heterocycles. The van der Waals surface area contributed by atoms with E-state index in [9.17, 15) is 0 Å². The van der Waals surface area contributed by atoms with E-state index in [1.54, 1.807) is 0 Å². The molecule has 0 aliphatic heterocycles. The molecule has 0 saturated heterocycles. The Morgan fingerprint density at radius 2 is 0.913 bits per heavy atom. The van der Waals surface area contributed by atoms with Gasteiger partial charge in [-0.15, -0.1) is 0 Å². The first-order valence-electron chi connectivity index (χ1n) is 8.24. The molecule has 1 heteroatoms. The van der Waals surface area contributed by atoms with Crippen molar-refractivity contribution in [2.75, 3.05) is 6.16 Å². The van der Waals surface area contributed by atoms with Crippen LogP contribution in [0, 0.1) is 6.66 Å². The molecule has 23 heavy (non-hydrogen) atoms. The topological polar surface area (TPSA) is 0 Å². The van der Waals surface area contributed by atoms with Crippen LogP contribution in [0.5, 0.6) is 0 Å². The Labute approximate surface area is 140 Å². The van der Waals surface area contributed by atoms with Crippen molar-refractivity contribution in [3.8, 4) is 0 Å². The van der Waals surface area contributed by atoms with Gasteiger partial charge in [0.2, 0.25) is 0 Å². The molecule has 0 unspecified atom stereocenters. The quantitative estimate of drug-likeness (QED) is 0.471. The molecular formula is C22H24P+. The first-order valence-corrected chi connectivity index (χ1v) is 10.8. The minimum atomic E-state index is -2.68. The summed E-state index contributed by atoms with van der Waals surface area (Å²) >= 11 is 0. The van der Waals surface area contributed by atoms with Crippen LogP contribution in [0.4, 0.5) is 0 Å². The Balaban J connectivity index is 2.41. The molecule has 3 aromatic carbocycles. The van der Waals surface area contributed by atoms with Crippen molar-refractivity contribution in [1.82, 2.24) is 0 Å². The van der Waals surface area contributed by atoms with Crippen LogP contribution in [0.25, 0.3) is 0 Å². The van der Waals surface area contributed by atoms with Crippen molar-refractivity contribution in [2.24, 2.45) is 0 Å². The van der Waals surface area contributed by atoms with E-state index < -0.39 is 6.60 Å². The maximum atomic E-state index is 5.03. The van der Waals surface area contributed by atoms with E-state index in [0.717, 1.165) is 12.6 Å². The van der Waals surface area contributed by atoms with Gasteiger partial charge < -0.3 is 0 Å². The van der Waals surface area contributed by atoms with E-state index in [4.69, 9.17) is 6.66 Å². The molecule has 3 rings (SSSR count). The van der Waals surface area contributed by atoms with E-state index >= 15 is 0 Å². The molecular weight excluding hydrogens is 295 g/mol. The second-order valence-electron chi connectivity index (χ2n) is 6.24.